The highest BCUT2D eigenvalue weighted by Crippen LogP contribution is 2.32. The highest BCUT2D eigenvalue weighted by atomic mass is 19.1. The van der Waals surface area contributed by atoms with Crippen molar-refractivity contribution in [2.45, 2.75) is 32.1 Å². The first-order valence-corrected chi connectivity index (χ1v) is 9.77. The molecule has 2 aromatic carbocycles. The van der Waals surface area contributed by atoms with E-state index in [1.54, 1.807) is 18.2 Å². The molecule has 150 valence electrons. The molecule has 1 amide bonds. The number of anilines is 1. The molecule has 1 unspecified atom stereocenters. The molecule has 1 saturated heterocycles. The molecule has 6 nitrogen and oxygen atoms in total. The van der Waals surface area contributed by atoms with Crippen molar-refractivity contribution in [2.75, 3.05) is 18.1 Å². The fraction of sp³-hybridized carbons (Fsp3) is 0.318. The van der Waals surface area contributed by atoms with Gasteiger partial charge < -0.3 is 14.2 Å². The van der Waals surface area contributed by atoms with E-state index in [9.17, 15) is 9.18 Å². The molecule has 4 rings (SSSR count). The van der Waals surface area contributed by atoms with Gasteiger partial charge in [-0.15, -0.1) is 0 Å². The van der Waals surface area contributed by atoms with Gasteiger partial charge in [0.15, 0.2) is 5.82 Å². The Balaban J connectivity index is 1.45. The fourth-order valence-corrected chi connectivity index (χ4v) is 3.33. The average Bonchev–Trinajstić information content (AvgIpc) is 3.36. The number of carbonyl (C=O) groups excluding carboxylic acids is 1. The minimum Gasteiger partial charge on any atom is -0.494 e. The second-order valence-corrected chi connectivity index (χ2v) is 7.04. The molecule has 0 bridgehead atoms. The van der Waals surface area contributed by atoms with Crippen LogP contribution in [0.15, 0.2) is 53.1 Å². The van der Waals surface area contributed by atoms with E-state index in [2.05, 4.69) is 17.1 Å². The van der Waals surface area contributed by atoms with E-state index < -0.39 is 5.82 Å². The van der Waals surface area contributed by atoms with Crippen molar-refractivity contribution in [1.82, 2.24) is 10.1 Å². The van der Waals surface area contributed by atoms with Gasteiger partial charge in [-0.25, -0.2) is 4.39 Å². The van der Waals surface area contributed by atoms with Crippen LogP contribution in [0.1, 0.15) is 37.9 Å². The van der Waals surface area contributed by atoms with Crippen LogP contribution in [0.3, 0.4) is 0 Å². The minimum absolute atomic E-state index is 0.153. The first-order valence-electron chi connectivity index (χ1n) is 9.77. The summed E-state index contributed by atoms with van der Waals surface area (Å²) < 4.78 is 25.1. The van der Waals surface area contributed by atoms with Crippen LogP contribution in [0.4, 0.5) is 10.1 Å². The predicted molar refractivity (Wildman–Crippen MR) is 106 cm³/mol. The molecule has 0 saturated carbocycles. The Morgan fingerprint density at radius 3 is 2.76 bits per heavy atom. The molecule has 1 aromatic heterocycles. The highest BCUT2D eigenvalue weighted by Gasteiger charge is 2.35. The van der Waals surface area contributed by atoms with Crippen molar-refractivity contribution in [1.29, 1.82) is 0 Å². The number of para-hydroxylation sites is 1. The normalized spacial score (nSPS) is 16.4. The number of nitrogens with zero attached hydrogens (tertiary/aromatic N) is 3. The Kier molecular flexibility index (Phi) is 5.55. The van der Waals surface area contributed by atoms with Crippen molar-refractivity contribution in [3.05, 3.63) is 60.2 Å². The second-order valence-electron chi connectivity index (χ2n) is 7.04. The number of amides is 1. The molecule has 0 aliphatic carbocycles. The largest absolute Gasteiger partial charge is 0.494 e. The van der Waals surface area contributed by atoms with Crippen molar-refractivity contribution < 1.29 is 18.4 Å². The summed E-state index contributed by atoms with van der Waals surface area (Å²) in [6, 6.07) is 13.7. The van der Waals surface area contributed by atoms with Crippen molar-refractivity contribution in [2.24, 2.45) is 0 Å². The Labute approximate surface area is 168 Å². The van der Waals surface area contributed by atoms with Crippen LogP contribution >= 0.6 is 0 Å². The van der Waals surface area contributed by atoms with Gasteiger partial charge in [-0.05, 0) is 42.8 Å². The number of aromatic nitrogens is 2. The molecule has 1 atom stereocenters. The topological polar surface area (TPSA) is 68.5 Å². The lowest BCUT2D eigenvalue weighted by molar-refractivity contribution is -0.117. The van der Waals surface area contributed by atoms with Gasteiger partial charge in [0.05, 0.1) is 12.3 Å². The Morgan fingerprint density at radius 1 is 1.21 bits per heavy atom. The summed E-state index contributed by atoms with van der Waals surface area (Å²) in [6.45, 7) is 3.13. The summed E-state index contributed by atoms with van der Waals surface area (Å²) in [5, 5.41) is 4.05. The number of hydrogen-bond donors (Lipinski definition) is 0. The number of benzene rings is 2. The van der Waals surface area contributed by atoms with E-state index in [0.29, 0.717) is 24.9 Å². The monoisotopic (exact) mass is 395 g/mol. The standard InChI is InChI=1S/C22H22FN3O3/c1-2-3-12-28-17-10-8-15(9-11-17)22-24-21(25-29-22)16-13-20(27)26(14-16)19-7-5-4-6-18(19)23/h4-11,16H,2-3,12-14H2,1H3. The van der Waals surface area contributed by atoms with Crippen LogP contribution in [0.5, 0.6) is 5.75 Å². The Hall–Kier alpha value is -3.22. The number of carbonyl (C=O) groups is 1. The van der Waals surface area contributed by atoms with Crippen molar-refractivity contribution >= 4 is 11.6 Å². The Morgan fingerprint density at radius 2 is 2.00 bits per heavy atom. The molecule has 1 aliphatic heterocycles. The van der Waals surface area contributed by atoms with Crippen molar-refractivity contribution in [3.8, 4) is 17.2 Å². The van der Waals surface area contributed by atoms with E-state index in [0.717, 1.165) is 24.2 Å². The molecule has 3 aromatic rings. The first-order chi connectivity index (χ1) is 14.2. The third-order valence-corrected chi connectivity index (χ3v) is 4.94. The number of hydrogen-bond acceptors (Lipinski definition) is 5. The predicted octanol–water partition coefficient (Wildman–Crippen LogP) is 4.58. The van der Waals surface area contributed by atoms with E-state index in [1.807, 2.05) is 24.3 Å². The average molecular weight is 395 g/mol. The number of rotatable bonds is 7. The Bertz CT molecular complexity index is 987. The molecular formula is C22H22FN3O3. The van der Waals surface area contributed by atoms with Crippen LogP contribution in [-0.2, 0) is 4.79 Å². The molecule has 1 fully saturated rings. The van der Waals surface area contributed by atoms with Gasteiger partial charge in [0.1, 0.15) is 11.6 Å². The van der Waals surface area contributed by atoms with Gasteiger partial charge in [0, 0.05) is 24.4 Å². The maximum absolute atomic E-state index is 14.0. The molecule has 0 radical (unpaired) electrons. The van der Waals surface area contributed by atoms with Gasteiger partial charge in [-0.3, -0.25) is 4.79 Å². The van der Waals surface area contributed by atoms with E-state index >= 15 is 0 Å². The molecule has 0 N–H and O–H groups in total. The van der Waals surface area contributed by atoms with Crippen LogP contribution in [0, 0.1) is 5.82 Å². The number of halogens is 1. The number of ether oxygens (including phenoxy) is 1. The van der Waals surface area contributed by atoms with Gasteiger partial charge in [0.25, 0.3) is 5.89 Å². The van der Waals surface area contributed by atoms with Gasteiger partial charge >= 0.3 is 0 Å². The summed E-state index contributed by atoms with van der Waals surface area (Å²) >= 11 is 0. The minimum atomic E-state index is -0.420. The first kappa shape index (κ1) is 19.1. The number of unbranched alkanes of at least 4 members (excludes halogenated alkanes) is 1. The summed E-state index contributed by atoms with van der Waals surface area (Å²) in [4.78, 5) is 18.3. The van der Waals surface area contributed by atoms with Crippen LogP contribution in [-0.4, -0.2) is 29.2 Å². The molecule has 1 aliphatic rings. The van der Waals surface area contributed by atoms with E-state index in [-0.39, 0.29) is 23.9 Å². The summed E-state index contributed by atoms with van der Waals surface area (Å²) in [7, 11) is 0. The third-order valence-electron chi connectivity index (χ3n) is 4.94. The van der Waals surface area contributed by atoms with Gasteiger partial charge in [-0.2, -0.15) is 4.98 Å². The maximum atomic E-state index is 14.0. The zero-order chi connectivity index (χ0) is 20.2. The zero-order valence-corrected chi connectivity index (χ0v) is 16.2. The fourth-order valence-electron chi connectivity index (χ4n) is 3.33. The SMILES string of the molecule is CCCCOc1ccc(-c2nc(C3CC(=O)N(c4ccccc4F)C3)no2)cc1. The third kappa shape index (κ3) is 4.13. The quantitative estimate of drug-likeness (QED) is 0.548. The lowest BCUT2D eigenvalue weighted by Crippen LogP contribution is -2.25. The molecule has 7 heteroatoms. The highest BCUT2D eigenvalue weighted by molar-refractivity contribution is 5.96. The second kappa shape index (κ2) is 8.43. The van der Waals surface area contributed by atoms with Gasteiger partial charge in [0.2, 0.25) is 5.91 Å². The lowest BCUT2D eigenvalue weighted by atomic mass is 10.1. The van der Waals surface area contributed by atoms with Gasteiger partial charge in [-0.1, -0.05) is 30.6 Å². The summed E-state index contributed by atoms with van der Waals surface area (Å²) in [6.07, 6.45) is 2.32. The van der Waals surface area contributed by atoms with E-state index in [1.165, 1.54) is 11.0 Å². The lowest BCUT2D eigenvalue weighted by Gasteiger charge is -2.16. The molecular weight excluding hydrogens is 373 g/mol. The molecule has 29 heavy (non-hydrogen) atoms. The van der Waals surface area contributed by atoms with E-state index in [4.69, 9.17) is 9.26 Å². The molecule has 2 heterocycles. The zero-order valence-electron chi connectivity index (χ0n) is 16.2. The maximum Gasteiger partial charge on any atom is 0.257 e. The molecule has 0 spiro atoms. The summed E-state index contributed by atoms with van der Waals surface area (Å²) in [5.74, 6) is 0.823. The van der Waals surface area contributed by atoms with Crippen LogP contribution < -0.4 is 9.64 Å². The van der Waals surface area contributed by atoms with Crippen molar-refractivity contribution in [3.63, 3.8) is 0 Å². The van der Waals surface area contributed by atoms with Crippen LogP contribution in [0.25, 0.3) is 11.5 Å². The smallest absolute Gasteiger partial charge is 0.257 e. The summed E-state index contributed by atoms with van der Waals surface area (Å²) in [5.41, 5.74) is 1.06. The van der Waals surface area contributed by atoms with Crippen LogP contribution in [0.2, 0.25) is 0 Å².